The van der Waals surface area contributed by atoms with E-state index in [4.69, 9.17) is 0 Å². The first-order chi connectivity index (χ1) is 13.6. The number of nitrogens with one attached hydrogen (secondary N) is 3. The second kappa shape index (κ2) is 8.13. The van der Waals surface area contributed by atoms with Crippen molar-refractivity contribution in [3.05, 3.63) is 82.9 Å². The van der Waals surface area contributed by atoms with Crippen molar-refractivity contribution in [1.29, 1.82) is 0 Å². The number of aryl methyl sites for hydroxylation is 1. The maximum absolute atomic E-state index is 13.0. The van der Waals surface area contributed by atoms with Crippen LogP contribution in [0.5, 0.6) is 0 Å². The van der Waals surface area contributed by atoms with Crippen LogP contribution in [0.15, 0.2) is 60.7 Å². The Morgan fingerprint density at radius 3 is 2.68 bits per heavy atom. The number of amides is 1. The van der Waals surface area contributed by atoms with Gasteiger partial charge in [-0.25, -0.2) is 0 Å². The first kappa shape index (κ1) is 18.7. The molecule has 0 saturated carbocycles. The Balaban J connectivity index is 1.50. The summed E-state index contributed by atoms with van der Waals surface area (Å²) in [6.45, 7) is 6.85. The van der Waals surface area contributed by atoms with Crippen LogP contribution in [0.3, 0.4) is 0 Å². The van der Waals surface area contributed by atoms with Crippen molar-refractivity contribution in [2.75, 3.05) is 13.1 Å². The Kier molecular flexibility index (Phi) is 5.42. The molecule has 144 valence electrons. The van der Waals surface area contributed by atoms with Crippen molar-refractivity contribution in [3.63, 3.8) is 0 Å². The highest BCUT2D eigenvalue weighted by Gasteiger charge is 2.17. The van der Waals surface area contributed by atoms with Gasteiger partial charge in [-0.1, -0.05) is 54.6 Å². The Morgan fingerprint density at radius 2 is 1.89 bits per heavy atom. The molecule has 0 radical (unpaired) electrons. The highest BCUT2D eigenvalue weighted by molar-refractivity contribution is 5.96. The largest absolute Gasteiger partial charge is 0.345 e. The number of hydrogen-bond acceptors (Lipinski definition) is 3. The van der Waals surface area contributed by atoms with E-state index in [-0.39, 0.29) is 11.9 Å². The van der Waals surface area contributed by atoms with Gasteiger partial charge in [0.1, 0.15) is 0 Å². The predicted octanol–water partition coefficient (Wildman–Crippen LogP) is 3.70. The van der Waals surface area contributed by atoms with Gasteiger partial charge in [0.05, 0.1) is 6.04 Å². The maximum Gasteiger partial charge on any atom is 0.252 e. The fraction of sp³-hybridized carbons (Fsp3) is 0.292. The molecule has 1 atom stereocenters. The lowest BCUT2D eigenvalue weighted by Crippen LogP contribution is -2.54. The SMILES string of the molecule is Cc1ccc(CNC2CNC2)cc1C(=O)NC(C)c1cccc2ccccc12. The molecule has 0 spiro atoms. The van der Waals surface area contributed by atoms with Crippen molar-refractivity contribution in [3.8, 4) is 0 Å². The van der Waals surface area contributed by atoms with Crippen LogP contribution in [0.1, 0.15) is 40.0 Å². The van der Waals surface area contributed by atoms with E-state index in [2.05, 4.69) is 46.3 Å². The van der Waals surface area contributed by atoms with Gasteiger partial charge in [-0.05, 0) is 47.4 Å². The van der Waals surface area contributed by atoms with E-state index in [0.717, 1.165) is 41.9 Å². The number of benzene rings is 3. The Labute approximate surface area is 166 Å². The summed E-state index contributed by atoms with van der Waals surface area (Å²) in [4.78, 5) is 13.0. The number of rotatable bonds is 6. The molecule has 1 unspecified atom stereocenters. The van der Waals surface area contributed by atoms with Gasteiger partial charge >= 0.3 is 0 Å². The van der Waals surface area contributed by atoms with Crippen molar-refractivity contribution in [2.45, 2.75) is 32.5 Å². The second-order valence-corrected chi connectivity index (χ2v) is 7.65. The van der Waals surface area contributed by atoms with E-state index in [1.165, 1.54) is 10.8 Å². The van der Waals surface area contributed by atoms with Crippen LogP contribution in [-0.2, 0) is 6.54 Å². The van der Waals surface area contributed by atoms with Crippen molar-refractivity contribution >= 4 is 16.7 Å². The lowest BCUT2D eigenvalue weighted by molar-refractivity contribution is 0.0939. The average Bonchev–Trinajstić information content (AvgIpc) is 2.67. The molecule has 1 aliphatic rings. The Bertz CT molecular complexity index is 989. The lowest BCUT2D eigenvalue weighted by atomic mass is 9.98. The van der Waals surface area contributed by atoms with Gasteiger partial charge in [-0.2, -0.15) is 0 Å². The van der Waals surface area contributed by atoms with E-state index in [1.54, 1.807) is 0 Å². The monoisotopic (exact) mass is 373 g/mol. The molecule has 1 aliphatic heterocycles. The van der Waals surface area contributed by atoms with Gasteiger partial charge in [-0.15, -0.1) is 0 Å². The smallest absolute Gasteiger partial charge is 0.252 e. The minimum absolute atomic E-state index is 0.0231. The van der Waals surface area contributed by atoms with Gasteiger partial charge in [-0.3, -0.25) is 4.79 Å². The maximum atomic E-state index is 13.0. The molecule has 4 nitrogen and oxygen atoms in total. The highest BCUT2D eigenvalue weighted by Crippen LogP contribution is 2.24. The van der Waals surface area contributed by atoms with Crippen LogP contribution in [0.4, 0.5) is 0 Å². The fourth-order valence-corrected chi connectivity index (χ4v) is 3.70. The van der Waals surface area contributed by atoms with Crippen LogP contribution < -0.4 is 16.0 Å². The minimum atomic E-state index is -0.0687. The molecule has 1 fully saturated rings. The second-order valence-electron chi connectivity index (χ2n) is 7.65. The zero-order valence-electron chi connectivity index (χ0n) is 16.5. The third-order valence-electron chi connectivity index (χ3n) is 5.56. The van der Waals surface area contributed by atoms with Crippen LogP contribution >= 0.6 is 0 Å². The molecular formula is C24H27N3O. The molecule has 3 N–H and O–H groups in total. The Morgan fingerprint density at radius 1 is 1.11 bits per heavy atom. The summed E-state index contributed by atoms with van der Waals surface area (Å²) >= 11 is 0. The molecule has 1 saturated heterocycles. The van der Waals surface area contributed by atoms with Crippen LogP contribution in [0.25, 0.3) is 10.8 Å². The molecule has 28 heavy (non-hydrogen) atoms. The highest BCUT2D eigenvalue weighted by atomic mass is 16.1. The molecule has 1 amide bonds. The van der Waals surface area contributed by atoms with Gasteiger partial charge in [0, 0.05) is 31.2 Å². The first-order valence-corrected chi connectivity index (χ1v) is 9.94. The summed E-state index contributed by atoms with van der Waals surface area (Å²) in [5, 5.41) is 12.3. The van der Waals surface area contributed by atoms with Gasteiger partial charge in [0.15, 0.2) is 0 Å². The van der Waals surface area contributed by atoms with E-state index in [9.17, 15) is 4.79 Å². The van der Waals surface area contributed by atoms with Gasteiger partial charge in [0.25, 0.3) is 5.91 Å². The first-order valence-electron chi connectivity index (χ1n) is 9.94. The van der Waals surface area contributed by atoms with Crippen LogP contribution in [0.2, 0.25) is 0 Å². The summed E-state index contributed by atoms with van der Waals surface area (Å²) < 4.78 is 0. The van der Waals surface area contributed by atoms with Crippen molar-refractivity contribution in [1.82, 2.24) is 16.0 Å². The molecular weight excluding hydrogens is 346 g/mol. The topological polar surface area (TPSA) is 53.2 Å². The predicted molar refractivity (Wildman–Crippen MR) is 115 cm³/mol. The van der Waals surface area contributed by atoms with Gasteiger partial charge in [0.2, 0.25) is 0 Å². The molecule has 0 aliphatic carbocycles. The zero-order chi connectivity index (χ0) is 19.5. The average molecular weight is 374 g/mol. The van der Waals surface area contributed by atoms with E-state index >= 15 is 0 Å². The summed E-state index contributed by atoms with van der Waals surface area (Å²) in [5.41, 5.74) is 4.02. The number of hydrogen-bond donors (Lipinski definition) is 3. The molecule has 1 heterocycles. The quantitative estimate of drug-likeness (QED) is 0.618. The van der Waals surface area contributed by atoms with Gasteiger partial charge < -0.3 is 16.0 Å². The molecule has 4 heteroatoms. The number of fused-ring (bicyclic) bond motifs is 1. The van der Waals surface area contributed by atoms with Crippen molar-refractivity contribution in [2.24, 2.45) is 0 Å². The molecule has 3 aromatic rings. The molecule has 0 aromatic heterocycles. The molecule has 0 bridgehead atoms. The summed E-state index contributed by atoms with van der Waals surface area (Å²) in [7, 11) is 0. The molecule has 4 rings (SSSR count). The van der Waals surface area contributed by atoms with E-state index in [0.29, 0.717) is 6.04 Å². The minimum Gasteiger partial charge on any atom is -0.345 e. The van der Waals surface area contributed by atoms with Crippen LogP contribution in [-0.4, -0.2) is 25.0 Å². The lowest BCUT2D eigenvalue weighted by Gasteiger charge is -2.28. The molecule has 3 aromatic carbocycles. The fourth-order valence-electron chi connectivity index (χ4n) is 3.70. The number of carbonyl (C=O) groups excluding carboxylic acids is 1. The summed E-state index contributed by atoms with van der Waals surface area (Å²) in [5.74, 6) is -0.0231. The number of carbonyl (C=O) groups is 1. The van der Waals surface area contributed by atoms with Crippen LogP contribution in [0, 0.1) is 6.92 Å². The van der Waals surface area contributed by atoms with E-state index < -0.39 is 0 Å². The third kappa shape index (κ3) is 3.93. The zero-order valence-corrected chi connectivity index (χ0v) is 16.5. The standard InChI is InChI=1S/C24H27N3O/c1-16-10-11-18(13-26-20-14-25-15-20)12-23(16)24(28)27-17(2)21-9-5-7-19-6-3-4-8-22(19)21/h3-12,17,20,25-26H,13-15H2,1-2H3,(H,27,28). The van der Waals surface area contributed by atoms with E-state index in [1.807, 2.05) is 44.2 Å². The third-order valence-corrected chi connectivity index (χ3v) is 5.56. The summed E-state index contributed by atoms with van der Waals surface area (Å²) in [6, 6.07) is 21.1. The normalized spacial score (nSPS) is 15.2. The summed E-state index contributed by atoms with van der Waals surface area (Å²) in [6.07, 6.45) is 0. The Hall–Kier alpha value is -2.69. The van der Waals surface area contributed by atoms with Crippen molar-refractivity contribution < 1.29 is 4.79 Å².